The van der Waals surface area contributed by atoms with Crippen LogP contribution in [0.5, 0.6) is 11.5 Å². The van der Waals surface area contributed by atoms with E-state index < -0.39 is 23.8 Å². The lowest BCUT2D eigenvalue weighted by molar-refractivity contribution is -0.149. The van der Waals surface area contributed by atoms with Crippen molar-refractivity contribution < 1.29 is 28.6 Å². The number of rotatable bonds is 7. The fraction of sp³-hybridized carbons (Fsp3) is 0.318. The SMILES string of the molecule is CSCC[C@@H](C(=O)OCc1cc(Cl)c2c(c1)OCCO2)N1C(=O)c2ccccc2C1=O. The molecule has 0 aromatic heterocycles. The van der Waals surface area contributed by atoms with Gasteiger partial charge in [-0.05, 0) is 48.3 Å². The first-order valence-corrected chi connectivity index (χ1v) is 11.5. The van der Waals surface area contributed by atoms with Crippen LogP contribution in [0.2, 0.25) is 5.02 Å². The van der Waals surface area contributed by atoms with E-state index in [1.165, 1.54) is 11.8 Å². The lowest BCUT2D eigenvalue weighted by atomic mass is 10.1. The zero-order valence-corrected chi connectivity index (χ0v) is 18.3. The van der Waals surface area contributed by atoms with Gasteiger partial charge in [0, 0.05) is 0 Å². The van der Waals surface area contributed by atoms with Gasteiger partial charge >= 0.3 is 5.97 Å². The molecular formula is C22H20ClNO6S. The Kier molecular flexibility index (Phi) is 6.38. The van der Waals surface area contributed by atoms with Gasteiger partial charge in [-0.3, -0.25) is 14.5 Å². The molecule has 0 unspecified atom stereocenters. The first kappa shape index (κ1) is 21.5. The molecule has 0 saturated carbocycles. The van der Waals surface area contributed by atoms with Crippen molar-refractivity contribution in [3.8, 4) is 11.5 Å². The monoisotopic (exact) mass is 461 g/mol. The Morgan fingerprint density at radius 1 is 1.16 bits per heavy atom. The Hall–Kier alpha value is -2.71. The van der Waals surface area contributed by atoms with Crippen molar-refractivity contribution >= 4 is 41.1 Å². The molecule has 1 atom stereocenters. The zero-order valence-electron chi connectivity index (χ0n) is 16.8. The van der Waals surface area contributed by atoms with Gasteiger partial charge in [-0.15, -0.1) is 0 Å². The molecular weight excluding hydrogens is 442 g/mol. The smallest absolute Gasteiger partial charge is 0.329 e. The van der Waals surface area contributed by atoms with Crippen LogP contribution in [0.15, 0.2) is 36.4 Å². The number of amides is 2. The summed E-state index contributed by atoms with van der Waals surface area (Å²) in [6.45, 7) is 0.746. The van der Waals surface area contributed by atoms with E-state index in [4.69, 9.17) is 25.8 Å². The van der Waals surface area contributed by atoms with Gasteiger partial charge in [-0.1, -0.05) is 23.7 Å². The average Bonchev–Trinajstić information content (AvgIpc) is 3.03. The Morgan fingerprint density at radius 2 is 1.84 bits per heavy atom. The molecule has 2 heterocycles. The quantitative estimate of drug-likeness (QED) is 0.460. The van der Waals surface area contributed by atoms with Crippen molar-refractivity contribution in [3.05, 3.63) is 58.1 Å². The highest BCUT2D eigenvalue weighted by atomic mass is 35.5. The molecule has 0 radical (unpaired) electrons. The first-order valence-electron chi connectivity index (χ1n) is 9.71. The van der Waals surface area contributed by atoms with Crippen LogP contribution in [0.1, 0.15) is 32.7 Å². The van der Waals surface area contributed by atoms with Crippen LogP contribution in [0.3, 0.4) is 0 Å². The van der Waals surface area contributed by atoms with E-state index in [0.717, 1.165) is 4.90 Å². The van der Waals surface area contributed by atoms with Crippen molar-refractivity contribution in [2.75, 3.05) is 25.2 Å². The summed E-state index contributed by atoms with van der Waals surface area (Å²) < 4.78 is 16.5. The number of halogens is 1. The molecule has 2 aromatic rings. The standard InChI is InChI=1S/C22H20ClNO6S/c1-31-9-6-17(24-20(25)14-4-2-3-5-15(14)21(24)26)22(27)30-12-13-10-16(23)19-18(11-13)28-7-8-29-19/h2-5,10-11,17H,6-9,12H2,1H3/t17-/m0/s1. The van der Waals surface area contributed by atoms with Crippen molar-refractivity contribution in [1.82, 2.24) is 4.90 Å². The third kappa shape index (κ3) is 4.22. The van der Waals surface area contributed by atoms with Gasteiger partial charge < -0.3 is 14.2 Å². The van der Waals surface area contributed by atoms with Crippen molar-refractivity contribution in [2.24, 2.45) is 0 Å². The summed E-state index contributed by atoms with van der Waals surface area (Å²) in [5, 5.41) is 0.363. The third-order valence-electron chi connectivity index (χ3n) is 5.04. The molecule has 0 spiro atoms. The summed E-state index contributed by atoms with van der Waals surface area (Å²) in [6.07, 6.45) is 2.19. The maximum absolute atomic E-state index is 13.0. The Bertz CT molecular complexity index is 1010. The van der Waals surface area contributed by atoms with E-state index in [1.54, 1.807) is 36.4 Å². The highest BCUT2D eigenvalue weighted by Crippen LogP contribution is 2.38. The first-order chi connectivity index (χ1) is 15.0. The molecule has 2 aliphatic rings. The highest BCUT2D eigenvalue weighted by Gasteiger charge is 2.43. The second kappa shape index (κ2) is 9.20. The van der Waals surface area contributed by atoms with Gasteiger partial charge in [0.05, 0.1) is 16.1 Å². The fourth-order valence-corrected chi connectivity index (χ4v) is 4.32. The van der Waals surface area contributed by atoms with E-state index in [9.17, 15) is 14.4 Å². The third-order valence-corrected chi connectivity index (χ3v) is 5.97. The number of benzene rings is 2. The second-order valence-corrected chi connectivity index (χ2v) is 8.43. The van der Waals surface area contributed by atoms with Gasteiger partial charge in [0.15, 0.2) is 11.5 Å². The number of hydrogen-bond donors (Lipinski definition) is 0. The number of carbonyl (C=O) groups excluding carboxylic acids is 3. The topological polar surface area (TPSA) is 82.1 Å². The fourth-order valence-electron chi connectivity index (χ4n) is 3.57. The van der Waals surface area contributed by atoms with Gasteiger partial charge in [-0.25, -0.2) is 4.79 Å². The molecule has 9 heteroatoms. The number of carbonyl (C=O) groups is 3. The molecule has 2 aliphatic heterocycles. The molecule has 0 aliphatic carbocycles. The summed E-state index contributed by atoms with van der Waals surface area (Å²) in [5.41, 5.74) is 1.22. The molecule has 4 rings (SSSR count). The summed E-state index contributed by atoms with van der Waals surface area (Å²) in [5.74, 6) is -0.0641. The number of fused-ring (bicyclic) bond motifs is 2. The maximum Gasteiger partial charge on any atom is 0.329 e. The van der Waals surface area contributed by atoms with Gasteiger partial charge in [0.2, 0.25) is 0 Å². The van der Waals surface area contributed by atoms with Crippen molar-refractivity contribution in [3.63, 3.8) is 0 Å². The Morgan fingerprint density at radius 3 is 2.52 bits per heavy atom. The number of ether oxygens (including phenoxy) is 3. The number of thioether (sulfide) groups is 1. The Labute approximate surface area is 188 Å². The van der Waals surface area contributed by atoms with Crippen LogP contribution >= 0.6 is 23.4 Å². The van der Waals surface area contributed by atoms with Crippen LogP contribution in [0.25, 0.3) is 0 Å². The van der Waals surface area contributed by atoms with Crippen molar-refractivity contribution in [1.29, 1.82) is 0 Å². The van der Waals surface area contributed by atoms with Crippen molar-refractivity contribution in [2.45, 2.75) is 19.1 Å². The number of imide groups is 1. The minimum atomic E-state index is -1.01. The lowest BCUT2D eigenvalue weighted by Gasteiger charge is -2.24. The Balaban J connectivity index is 1.51. The summed E-state index contributed by atoms with van der Waals surface area (Å²) >= 11 is 7.76. The van der Waals surface area contributed by atoms with Gasteiger partial charge in [-0.2, -0.15) is 11.8 Å². The van der Waals surface area contributed by atoms with Crippen LogP contribution in [-0.2, 0) is 16.1 Å². The van der Waals surface area contributed by atoms with Crippen LogP contribution in [-0.4, -0.2) is 53.9 Å². The minimum absolute atomic E-state index is 0.0753. The average molecular weight is 462 g/mol. The van der Waals surface area contributed by atoms with E-state index in [-0.39, 0.29) is 6.61 Å². The van der Waals surface area contributed by atoms with Gasteiger partial charge in [0.25, 0.3) is 11.8 Å². The zero-order chi connectivity index (χ0) is 22.0. The normalized spacial score (nSPS) is 15.6. The molecule has 0 saturated heterocycles. The minimum Gasteiger partial charge on any atom is -0.486 e. The molecule has 0 bridgehead atoms. The molecule has 7 nitrogen and oxygen atoms in total. The van der Waals surface area contributed by atoms with E-state index in [0.29, 0.717) is 58.6 Å². The number of nitrogens with zero attached hydrogens (tertiary/aromatic N) is 1. The van der Waals surface area contributed by atoms with Crippen LogP contribution in [0.4, 0.5) is 0 Å². The maximum atomic E-state index is 13.0. The van der Waals surface area contributed by atoms with E-state index in [1.807, 2.05) is 6.26 Å². The summed E-state index contributed by atoms with van der Waals surface area (Å²) in [7, 11) is 0. The molecule has 0 N–H and O–H groups in total. The lowest BCUT2D eigenvalue weighted by Crippen LogP contribution is -2.46. The number of esters is 1. The largest absolute Gasteiger partial charge is 0.486 e. The van der Waals surface area contributed by atoms with E-state index in [2.05, 4.69) is 0 Å². The second-order valence-electron chi connectivity index (χ2n) is 7.03. The molecule has 2 aromatic carbocycles. The predicted molar refractivity (Wildman–Crippen MR) is 116 cm³/mol. The van der Waals surface area contributed by atoms with Crippen LogP contribution in [0, 0.1) is 0 Å². The highest BCUT2D eigenvalue weighted by molar-refractivity contribution is 7.98. The van der Waals surface area contributed by atoms with Gasteiger partial charge in [0.1, 0.15) is 25.9 Å². The molecule has 0 fully saturated rings. The molecule has 31 heavy (non-hydrogen) atoms. The predicted octanol–water partition coefficient (Wildman–Crippen LogP) is 3.57. The number of hydrogen-bond acceptors (Lipinski definition) is 7. The molecule has 2 amide bonds. The summed E-state index contributed by atoms with van der Waals surface area (Å²) in [6, 6.07) is 8.89. The molecule has 162 valence electrons. The summed E-state index contributed by atoms with van der Waals surface area (Å²) in [4.78, 5) is 39.6. The van der Waals surface area contributed by atoms with Crippen LogP contribution < -0.4 is 9.47 Å². The van der Waals surface area contributed by atoms with E-state index >= 15 is 0 Å².